The topological polar surface area (TPSA) is 87.1 Å². The molecule has 1 heterocycles. The van der Waals surface area contributed by atoms with Crippen molar-refractivity contribution >= 4 is 17.6 Å². The van der Waals surface area contributed by atoms with E-state index in [0.29, 0.717) is 11.7 Å². The third-order valence-electron chi connectivity index (χ3n) is 2.23. The van der Waals surface area contributed by atoms with Gasteiger partial charge in [-0.05, 0) is 12.8 Å². The standard InChI is InChI=1S/C12H20N4O2/c1-8(2)6-13-10-5-11(15-7-14-10)16-9(3)4-12(17)18/h5,7-9H,4,6H2,1-3H3,(H,17,18)(H2,13,14,15,16). The van der Waals surface area contributed by atoms with Crippen molar-refractivity contribution in [2.45, 2.75) is 33.2 Å². The molecule has 0 fully saturated rings. The van der Waals surface area contributed by atoms with Gasteiger partial charge in [0.1, 0.15) is 18.0 Å². The van der Waals surface area contributed by atoms with Crippen LogP contribution in [0, 0.1) is 5.92 Å². The highest BCUT2D eigenvalue weighted by Gasteiger charge is 2.08. The average Bonchev–Trinajstić information content (AvgIpc) is 2.25. The maximum atomic E-state index is 10.6. The molecule has 0 saturated heterocycles. The van der Waals surface area contributed by atoms with Crippen LogP contribution in [0.25, 0.3) is 0 Å². The molecule has 1 aromatic heterocycles. The molecule has 0 aliphatic carbocycles. The number of carbonyl (C=O) groups is 1. The van der Waals surface area contributed by atoms with Gasteiger partial charge in [-0.2, -0.15) is 0 Å². The van der Waals surface area contributed by atoms with Crippen LogP contribution >= 0.6 is 0 Å². The molecule has 100 valence electrons. The van der Waals surface area contributed by atoms with E-state index < -0.39 is 5.97 Å². The Morgan fingerprint density at radius 1 is 1.33 bits per heavy atom. The van der Waals surface area contributed by atoms with E-state index in [1.54, 1.807) is 13.0 Å². The number of rotatable bonds is 7. The molecule has 0 aliphatic heterocycles. The van der Waals surface area contributed by atoms with Crippen molar-refractivity contribution in [3.63, 3.8) is 0 Å². The van der Waals surface area contributed by atoms with E-state index in [1.807, 2.05) is 0 Å². The lowest BCUT2D eigenvalue weighted by molar-refractivity contribution is -0.137. The Hall–Kier alpha value is -1.85. The molecule has 0 amide bonds. The summed E-state index contributed by atoms with van der Waals surface area (Å²) in [4.78, 5) is 18.7. The van der Waals surface area contributed by atoms with Gasteiger partial charge in [0.25, 0.3) is 0 Å². The van der Waals surface area contributed by atoms with Crippen LogP contribution in [0.4, 0.5) is 11.6 Å². The Kier molecular flexibility index (Phi) is 5.35. The summed E-state index contributed by atoms with van der Waals surface area (Å²) < 4.78 is 0. The van der Waals surface area contributed by atoms with Crippen molar-refractivity contribution in [1.82, 2.24) is 9.97 Å². The predicted molar refractivity (Wildman–Crippen MR) is 70.7 cm³/mol. The van der Waals surface area contributed by atoms with Gasteiger partial charge in [-0.1, -0.05) is 13.8 Å². The summed E-state index contributed by atoms with van der Waals surface area (Å²) in [7, 11) is 0. The molecule has 0 bridgehead atoms. The van der Waals surface area contributed by atoms with Crippen LogP contribution in [0.15, 0.2) is 12.4 Å². The summed E-state index contributed by atoms with van der Waals surface area (Å²) in [6.07, 6.45) is 1.51. The van der Waals surface area contributed by atoms with Gasteiger partial charge in [0.15, 0.2) is 0 Å². The molecule has 3 N–H and O–H groups in total. The summed E-state index contributed by atoms with van der Waals surface area (Å²) >= 11 is 0. The number of nitrogens with one attached hydrogen (secondary N) is 2. The summed E-state index contributed by atoms with van der Waals surface area (Å²) in [6.45, 7) is 6.86. The fraction of sp³-hybridized carbons (Fsp3) is 0.583. The van der Waals surface area contributed by atoms with Gasteiger partial charge in [-0.25, -0.2) is 9.97 Å². The normalized spacial score (nSPS) is 12.2. The number of carboxylic acids is 1. The number of aliphatic carboxylic acids is 1. The van der Waals surface area contributed by atoms with Gasteiger partial charge >= 0.3 is 5.97 Å². The summed E-state index contributed by atoms with van der Waals surface area (Å²) in [5.41, 5.74) is 0. The first-order valence-corrected chi connectivity index (χ1v) is 6.01. The second-order valence-electron chi connectivity index (χ2n) is 4.71. The quantitative estimate of drug-likeness (QED) is 0.686. The van der Waals surface area contributed by atoms with Crippen molar-refractivity contribution in [3.8, 4) is 0 Å². The highest BCUT2D eigenvalue weighted by Crippen LogP contribution is 2.11. The zero-order valence-electron chi connectivity index (χ0n) is 11.0. The highest BCUT2D eigenvalue weighted by atomic mass is 16.4. The molecule has 0 spiro atoms. The molecule has 6 heteroatoms. The Bertz CT molecular complexity index is 395. The van der Waals surface area contributed by atoms with Crippen LogP contribution in [0.5, 0.6) is 0 Å². The van der Waals surface area contributed by atoms with E-state index in [4.69, 9.17) is 5.11 Å². The number of aromatic nitrogens is 2. The first-order chi connectivity index (χ1) is 8.47. The summed E-state index contributed by atoms with van der Waals surface area (Å²) in [5.74, 6) is 1.07. The number of hydrogen-bond acceptors (Lipinski definition) is 5. The minimum atomic E-state index is -0.831. The lowest BCUT2D eigenvalue weighted by Crippen LogP contribution is -2.20. The largest absolute Gasteiger partial charge is 0.481 e. The lowest BCUT2D eigenvalue weighted by atomic mass is 10.2. The van der Waals surface area contributed by atoms with E-state index in [2.05, 4.69) is 34.4 Å². The number of nitrogens with zero attached hydrogens (tertiary/aromatic N) is 2. The highest BCUT2D eigenvalue weighted by molar-refractivity contribution is 5.68. The maximum Gasteiger partial charge on any atom is 0.305 e. The fourth-order valence-electron chi connectivity index (χ4n) is 1.41. The molecule has 1 rings (SSSR count). The SMILES string of the molecule is CC(C)CNc1cc(NC(C)CC(=O)O)ncn1. The summed E-state index contributed by atoms with van der Waals surface area (Å²) in [6, 6.07) is 1.61. The van der Waals surface area contributed by atoms with Crippen molar-refractivity contribution < 1.29 is 9.90 Å². The molecule has 1 unspecified atom stereocenters. The Morgan fingerprint density at radius 2 is 2.00 bits per heavy atom. The Balaban J connectivity index is 2.56. The molecule has 18 heavy (non-hydrogen) atoms. The van der Waals surface area contributed by atoms with Gasteiger partial charge in [0.2, 0.25) is 0 Å². The van der Waals surface area contributed by atoms with Crippen LogP contribution in [-0.2, 0) is 4.79 Å². The van der Waals surface area contributed by atoms with E-state index in [1.165, 1.54) is 6.33 Å². The lowest BCUT2D eigenvalue weighted by Gasteiger charge is -2.13. The van der Waals surface area contributed by atoms with Crippen LogP contribution in [0.3, 0.4) is 0 Å². The number of carboxylic acid groups (broad SMARTS) is 1. The van der Waals surface area contributed by atoms with Crippen molar-refractivity contribution in [1.29, 1.82) is 0 Å². The predicted octanol–water partition coefficient (Wildman–Crippen LogP) is 1.82. The first-order valence-electron chi connectivity index (χ1n) is 6.01. The van der Waals surface area contributed by atoms with Gasteiger partial charge in [0, 0.05) is 18.7 Å². The Morgan fingerprint density at radius 3 is 2.61 bits per heavy atom. The van der Waals surface area contributed by atoms with Crippen molar-refractivity contribution in [2.75, 3.05) is 17.2 Å². The molecule has 1 atom stereocenters. The van der Waals surface area contributed by atoms with Crippen LogP contribution in [0.2, 0.25) is 0 Å². The minimum Gasteiger partial charge on any atom is -0.481 e. The van der Waals surface area contributed by atoms with Crippen LogP contribution in [0.1, 0.15) is 27.2 Å². The molecular formula is C12H20N4O2. The summed E-state index contributed by atoms with van der Waals surface area (Å²) in [5, 5.41) is 14.9. The molecule has 0 saturated carbocycles. The zero-order valence-corrected chi connectivity index (χ0v) is 11.0. The maximum absolute atomic E-state index is 10.6. The van der Waals surface area contributed by atoms with Gasteiger partial charge < -0.3 is 15.7 Å². The van der Waals surface area contributed by atoms with E-state index in [-0.39, 0.29) is 12.5 Å². The van der Waals surface area contributed by atoms with Crippen molar-refractivity contribution in [3.05, 3.63) is 12.4 Å². The van der Waals surface area contributed by atoms with Crippen molar-refractivity contribution in [2.24, 2.45) is 5.92 Å². The number of hydrogen-bond donors (Lipinski definition) is 3. The number of anilines is 2. The molecule has 6 nitrogen and oxygen atoms in total. The third-order valence-corrected chi connectivity index (χ3v) is 2.23. The van der Waals surface area contributed by atoms with E-state index in [9.17, 15) is 4.79 Å². The molecule has 0 aliphatic rings. The molecule has 0 radical (unpaired) electrons. The van der Waals surface area contributed by atoms with Crippen LogP contribution in [-0.4, -0.2) is 33.6 Å². The smallest absolute Gasteiger partial charge is 0.305 e. The average molecular weight is 252 g/mol. The first kappa shape index (κ1) is 14.2. The van der Waals surface area contributed by atoms with Gasteiger partial charge in [-0.15, -0.1) is 0 Å². The van der Waals surface area contributed by atoms with Gasteiger partial charge in [-0.3, -0.25) is 4.79 Å². The van der Waals surface area contributed by atoms with E-state index in [0.717, 1.165) is 12.4 Å². The van der Waals surface area contributed by atoms with Crippen LogP contribution < -0.4 is 10.6 Å². The Labute approximate surface area is 107 Å². The second kappa shape index (κ2) is 6.78. The molecule has 0 aromatic carbocycles. The fourth-order valence-corrected chi connectivity index (χ4v) is 1.41. The third kappa shape index (κ3) is 5.47. The second-order valence-corrected chi connectivity index (χ2v) is 4.71. The van der Waals surface area contributed by atoms with Gasteiger partial charge in [0.05, 0.1) is 6.42 Å². The molecular weight excluding hydrogens is 232 g/mol. The zero-order chi connectivity index (χ0) is 13.5. The van der Waals surface area contributed by atoms with E-state index >= 15 is 0 Å². The monoisotopic (exact) mass is 252 g/mol. The molecule has 1 aromatic rings. The minimum absolute atomic E-state index is 0.0543.